The normalized spacial score (nSPS) is 11.4. The average molecular weight is 975 g/mol. The molecule has 0 aliphatic heterocycles. The van der Waals surface area contributed by atoms with Crippen molar-refractivity contribution in [2.45, 2.75) is 117 Å². The lowest BCUT2D eigenvalue weighted by Gasteiger charge is -2.11. The van der Waals surface area contributed by atoms with Crippen molar-refractivity contribution in [3.05, 3.63) is 139 Å². The molecule has 0 amide bonds. The summed E-state index contributed by atoms with van der Waals surface area (Å²) in [5.41, 5.74) is 3.36. The molecule has 0 radical (unpaired) electrons. The lowest BCUT2D eigenvalue weighted by molar-refractivity contribution is 0.0733. The number of ether oxygens (including phenoxy) is 4. The standard InChI is InChI=1S/C54H60Cl4N2O6/c1-3-5-7-9-11-13-15-17-31-63-49-29-27-43(33-45(49)55)59-37-39-19-23-41(24-20-39)53(61)65-51-36-52(48(58)35-47(51)57)66-54(62)42-25-21-40(22-26-42)38-60-44-28-30-50(46(56)34-44)64-32-18-16-14-12-10-8-6-4-2/h19-30,33-38H,3-18,31-32H2,1-2H3. The van der Waals surface area contributed by atoms with E-state index in [1.807, 2.05) is 24.3 Å². The maximum atomic E-state index is 13.1. The van der Waals surface area contributed by atoms with Crippen molar-refractivity contribution in [2.24, 2.45) is 9.98 Å². The summed E-state index contributed by atoms with van der Waals surface area (Å²) in [5.74, 6) is -0.133. The van der Waals surface area contributed by atoms with Crippen LogP contribution in [-0.4, -0.2) is 37.6 Å². The van der Waals surface area contributed by atoms with Gasteiger partial charge in [-0.25, -0.2) is 9.59 Å². The Kier molecular flexibility index (Phi) is 22.9. The van der Waals surface area contributed by atoms with Gasteiger partial charge in [-0.2, -0.15) is 0 Å². The Labute approximate surface area is 410 Å². The summed E-state index contributed by atoms with van der Waals surface area (Å²) in [4.78, 5) is 35.3. The van der Waals surface area contributed by atoms with Crippen molar-refractivity contribution in [1.29, 1.82) is 0 Å². The van der Waals surface area contributed by atoms with Gasteiger partial charge in [0.05, 0.1) is 55.8 Å². The van der Waals surface area contributed by atoms with Gasteiger partial charge in [-0.3, -0.25) is 9.98 Å². The number of hydrogen-bond acceptors (Lipinski definition) is 8. The zero-order valence-electron chi connectivity index (χ0n) is 38.0. The molecule has 12 heteroatoms. The highest BCUT2D eigenvalue weighted by atomic mass is 35.5. The molecule has 0 atom stereocenters. The maximum absolute atomic E-state index is 13.1. The van der Waals surface area contributed by atoms with E-state index < -0.39 is 11.9 Å². The molecule has 8 nitrogen and oxygen atoms in total. The third-order valence-electron chi connectivity index (χ3n) is 10.8. The van der Waals surface area contributed by atoms with Gasteiger partial charge in [-0.15, -0.1) is 0 Å². The fraction of sp³-hybridized carbons (Fsp3) is 0.370. The number of benzene rings is 5. The first-order valence-electron chi connectivity index (χ1n) is 23.2. The Morgan fingerprint density at radius 1 is 0.424 bits per heavy atom. The molecule has 0 heterocycles. The first-order valence-corrected chi connectivity index (χ1v) is 24.7. The second kappa shape index (κ2) is 29.0. The molecule has 0 aliphatic rings. The van der Waals surface area contributed by atoms with Crippen LogP contribution in [0.1, 0.15) is 148 Å². The van der Waals surface area contributed by atoms with Crippen molar-refractivity contribution in [3.8, 4) is 23.0 Å². The third kappa shape index (κ3) is 18.1. The highest BCUT2D eigenvalue weighted by Crippen LogP contribution is 2.37. The summed E-state index contributed by atoms with van der Waals surface area (Å²) in [6.07, 6.45) is 23.1. The van der Waals surface area contributed by atoms with Crippen LogP contribution in [0.5, 0.6) is 23.0 Å². The second-order valence-electron chi connectivity index (χ2n) is 16.1. The second-order valence-corrected chi connectivity index (χ2v) is 17.8. The molecule has 5 aromatic rings. The van der Waals surface area contributed by atoms with Crippen LogP contribution in [-0.2, 0) is 0 Å². The van der Waals surface area contributed by atoms with Gasteiger partial charge in [0.25, 0.3) is 0 Å². The van der Waals surface area contributed by atoms with Gasteiger partial charge < -0.3 is 18.9 Å². The topological polar surface area (TPSA) is 95.8 Å². The van der Waals surface area contributed by atoms with E-state index in [4.69, 9.17) is 65.4 Å². The molecule has 0 saturated heterocycles. The summed E-state index contributed by atoms with van der Waals surface area (Å²) in [6, 6.07) is 26.9. The Morgan fingerprint density at radius 2 is 0.773 bits per heavy atom. The number of hydrogen-bond donors (Lipinski definition) is 0. The minimum atomic E-state index is -0.674. The van der Waals surface area contributed by atoms with Crippen LogP contribution in [0.15, 0.2) is 107 Å². The molecule has 66 heavy (non-hydrogen) atoms. The summed E-state index contributed by atoms with van der Waals surface area (Å²) in [7, 11) is 0. The number of carbonyl (C=O) groups excluding carboxylic acids is 2. The Bertz CT molecular complexity index is 2190. The molecule has 0 unspecified atom stereocenters. The van der Waals surface area contributed by atoms with E-state index in [2.05, 4.69) is 23.8 Å². The van der Waals surface area contributed by atoms with E-state index in [1.165, 1.54) is 89.2 Å². The maximum Gasteiger partial charge on any atom is 0.343 e. The Balaban J connectivity index is 1.07. The fourth-order valence-corrected chi connectivity index (χ4v) is 7.82. The number of aliphatic imine (C=N–C) groups is 2. The molecular formula is C54H60Cl4N2O6. The minimum Gasteiger partial charge on any atom is -0.492 e. The Hall–Kier alpha value is -4.86. The molecule has 5 aromatic carbocycles. The molecule has 0 fully saturated rings. The largest absolute Gasteiger partial charge is 0.492 e. The average Bonchev–Trinajstić information content (AvgIpc) is 3.32. The summed E-state index contributed by atoms with van der Waals surface area (Å²) < 4.78 is 23.0. The van der Waals surface area contributed by atoms with Crippen LogP contribution in [0.4, 0.5) is 11.4 Å². The van der Waals surface area contributed by atoms with E-state index in [1.54, 1.807) is 73.1 Å². The van der Waals surface area contributed by atoms with E-state index in [0.717, 1.165) is 36.8 Å². The van der Waals surface area contributed by atoms with Gasteiger partial charge in [0.15, 0.2) is 11.5 Å². The van der Waals surface area contributed by atoms with E-state index in [9.17, 15) is 9.59 Å². The molecule has 5 rings (SSSR count). The monoisotopic (exact) mass is 972 g/mol. The molecule has 0 aromatic heterocycles. The highest BCUT2D eigenvalue weighted by Gasteiger charge is 2.18. The van der Waals surface area contributed by atoms with Crippen LogP contribution in [0.3, 0.4) is 0 Å². The van der Waals surface area contributed by atoms with Gasteiger partial charge >= 0.3 is 11.9 Å². The molecule has 0 bridgehead atoms. The highest BCUT2D eigenvalue weighted by molar-refractivity contribution is 6.36. The molecule has 0 N–H and O–H groups in total. The molecule has 350 valence electrons. The summed E-state index contributed by atoms with van der Waals surface area (Å²) in [6.45, 7) is 5.72. The minimum absolute atomic E-state index is 0.0311. The SMILES string of the molecule is CCCCCCCCCCOc1ccc(N=Cc2ccc(C(=O)Oc3cc(OC(=O)c4ccc(C=Nc5ccc(OCCCCCCCCCC)c(Cl)c5)cc4)c(Cl)cc3Cl)cc2)cc1Cl. The van der Waals surface area contributed by atoms with Crippen LogP contribution >= 0.6 is 46.4 Å². The fourth-order valence-electron chi connectivity index (χ4n) is 6.90. The molecule has 0 saturated carbocycles. The van der Waals surface area contributed by atoms with Crippen molar-refractivity contribution >= 4 is 82.1 Å². The zero-order chi connectivity index (χ0) is 46.9. The van der Waals surface area contributed by atoms with Gasteiger partial charge in [0.2, 0.25) is 0 Å². The smallest absolute Gasteiger partial charge is 0.343 e. The third-order valence-corrected chi connectivity index (χ3v) is 11.9. The van der Waals surface area contributed by atoms with Gasteiger partial charge in [-0.05, 0) is 90.7 Å². The van der Waals surface area contributed by atoms with Crippen LogP contribution < -0.4 is 18.9 Å². The molecule has 0 spiro atoms. The van der Waals surface area contributed by atoms with Crippen LogP contribution in [0.25, 0.3) is 0 Å². The first-order chi connectivity index (χ1) is 32.1. The number of carbonyl (C=O) groups is 2. The van der Waals surface area contributed by atoms with E-state index >= 15 is 0 Å². The van der Waals surface area contributed by atoms with Gasteiger partial charge in [-0.1, -0.05) is 174 Å². The first kappa shape index (κ1) is 52.1. The van der Waals surface area contributed by atoms with Crippen molar-refractivity contribution in [3.63, 3.8) is 0 Å². The summed E-state index contributed by atoms with van der Waals surface area (Å²) in [5, 5.41) is 1.12. The number of halogens is 4. The van der Waals surface area contributed by atoms with Crippen LogP contribution in [0.2, 0.25) is 20.1 Å². The Morgan fingerprint density at radius 3 is 1.14 bits per heavy atom. The lowest BCUT2D eigenvalue weighted by Crippen LogP contribution is -2.11. The molecular weight excluding hydrogens is 914 g/mol. The van der Waals surface area contributed by atoms with Gasteiger partial charge in [0, 0.05) is 18.5 Å². The predicted molar refractivity (Wildman–Crippen MR) is 273 cm³/mol. The number of rotatable bonds is 28. The lowest BCUT2D eigenvalue weighted by atomic mass is 10.1. The molecule has 0 aliphatic carbocycles. The van der Waals surface area contributed by atoms with E-state index in [-0.39, 0.29) is 32.7 Å². The van der Waals surface area contributed by atoms with Crippen molar-refractivity contribution in [2.75, 3.05) is 13.2 Å². The van der Waals surface area contributed by atoms with Crippen molar-refractivity contribution in [1.82, 2.24) is 0 Å². The predicted octanol–water partition coefficient (Wildman–Crippen LogP) is 17.3. The van der Waals surface area contributed by atoms with Crippen molar-refractivity contribution < 1.29 is 28.5 Å². The number of unbranched alkanes of at least 4 members (excludes halogenated alkanes) is 14. The van der Waals surface area contributed by atoms with Gasteiger partial charge in [0.1, 0.15) is 11.5 Å². The number of esters is 2. The van der Waals surface area contributed by atoms with Crippen LogP contribution in [0, 0.1) is 0 Å². The number of nitrogens with zero attached hydrogens (tertiary/aromatic N) is 2. The quantitative estimate of drug-likeness (QED) is 0.0214. The zero-order valence-corrected chi connectivity index (χ0v) is 41.0. The van der Waals surface area contributed by atoms with E-state index in [0.29, 0.717) is 46.1 Å². The summed E-state index contributed by atoms with van der Waals surface area (Å²) >= 11 is 25.8.